The van der Waals surface area contributed by atoms with Crippen LogP contribution in [0.4, 0.5) is 13.2 Å². The van der Waals surface area contributed by atoms with Crippen molar-refractivity contribution in [1.82, 2.24) is 15.1 Å². The van der Waals surface area contributed by atoms with Gasteiger partial charge in [-0.2, -0.15) is 18.3 Å². The van der Waals surface area contributed by atoms with Crippen molar-refractivity contribution in [2.45, 2.75) is 58.3 Å². The third-order valence-corrected chi connectivity index (χ3v) is 6.05. The molecule has 0 spiro atoms. The zero-order valence-electron chi connectivity index (χ0n) is 20.5. The van der Waals surface area contributed by atoms with Crippen LogP contribution < -0.4 is 10.4 Å². The molecule has 0 unspecified atom stereocenters. The van der Waals surface area contributed by atoms with E-state index in [9.17, 15) is 18.0 Å². The summed E-state index contributed by atoms with van der Waals surface area (Å²) >= 11 is 12.1. The number of carboxylic acids is 1. The molecule has 0 saturated carbocycles. The van der Waals surface area contributed by atoms with Crippen LogP contribution in [0.3, 0.4) is 0 Å². The highest BCUT2D eigenvalue weighted by atomic mass is 35.5. The normalized spacial score (nSPS) is 12.8. The number of nitrogens with one attached hydrogen (secondary N) is 1. The van der Waals surface area contributed by atoms with Gasteiger partial charge in [0, 0.05) is 40.7 Å². The zero-order chi connectivity index (χ0) is 27.8. The number of alkyl halides is 3. The van der Waals surface area contributed by atoms with Gasteiger partial charge in [-0.25, -0.2) is 0 Å². The average Bonchev–Trinajstić information content (AvgIpc) is 3.14. The summed E-state index contributed by atoms with van der Waals surface area (Å²) < 4.78 is 33.4. The Balaban J connectivity index is 0.000000604. The highest BCUT2D eigenvalue weighted by molar-refractivity contribution is 6.30. The van der Waals surface area contributed by atoms with Gasteiger partial charge in [-0.15, -0.1) is 0 Å². The quantitative estimate of drug-likeness (QED) is 0.421. The van der Waals surface area contributed by atoms with Crippen LogP contribution in [0.15, 0.2) is 54.6 Å². The van der Waals surface area contributed by atoms with Gasteiger partial charge in [0.25, 0.3) is 0 Å². The fourth-order valence-electron chi connectivity index (χ4n) is 3.70. The Kier molecular flexibility index (Phi) is 11.0. The van der Waals surface area contributed by atoms with Gasteiger partial charge in [0.2, 0.25) is 5.91 Å². The average molecular weight is 557 g/mol. The summed E-state index contributed by atoms with van der Waals surface area (Å²) in [5.74, 6) is -2.88. The third kappa shape index (κ3) is 10.1. The van der Waals surface area contributed by atoms with E-state index in [1.165, 1.54) is 5.56 Å². The Morgan fingerprint density at radius 2 is 1.54 bits per heavy atom. The first kappa shape index (κ1) is 30.2. The summed E-state index contributed by atoms with van der Waals surface area (Å²) in [4.78, 5) is 21.4. The van der Waals surface area contributed by atoms with Crippen molar-refractivity contribution in [1.29, 1.82) is 0 Å². The number of rotatable bonds is 8. The molecule has 11 heteroatoms. The van der Waals surface area contributed by atoms with E-state index in [-0.39, 0.29) is 17.9 Å². The van der Waals surface area contributed by atoms with Crippen molar-refractivity contribution in [3.05, 3.63) is 87.2 Å². The molecule has 2 aromatic carbocycles. The first-order valence-electron chi connectivity index (χ1n) is 11.3. The Morgan fingerprint density at radius 3 is 2.00 bits per heavy atom. The van der Waals surface area contributed by atoms with Crippen LogP contribution in [0, 0.1) is 13.8 Å². The molecule has 0 aliphatic carbocycles. The number of halogens is 5. The van der Waals surface area contributed by atoms with Crippen LogP contribution in [0.5, 0.6) is 0 Å². The maximum absolute atomic E-state index is 12.6. The van der Waals surface area contributed by atoms with Crippen LogP contribution in [-0.2, 0) is 22.6 Å². The molecule has 200 valence electrons. The van der Waals surface area contributed by atoms with Gasteiger partial charge in [0.1, 0.15) is 5.97 Å². The van der Waals surface area contributed by atoms with Gasteiger partial charge >= 0.3 is 6.18 Å². The van der Waals surface area contributed by atoms with Crippen LogP contribution in [-0.4, -0.2) is 33.9 Å². The van der Waals surface area contributed by atoms with Crippen LogP contribution in [0.25, 0.3) is 0 Å². The summed E-state index contributed by atoms with van der Waals surface area (Å²) in [7, 11) is 0. The molecule has 37 heavy (non-hydrogen) atoms. The lowest BCUT2D eigenvalue weighted by Crippen LogP contribution is -2.38. The highest BCUT2D eigenvalue weighted by Crippen LogP contribution is 2.27. The standard InChI is InChI=1S/C24H27Cl2N3O.C2HF3O2/c1-16-14-17(2)29(28-16)13-12-24(30)27-18(3)23(20-6-10-22(26)11-7-20)15-19-4-8-21(25)9-5-19;3-2(4,5)1(6)7/h4-11,14,18,23H,12-13,15H2,1-3H3,(H,27,30);(H,6,7)/p-1/t18-,23+;/m1./s1. The van der Waals surface area contributed by atoms with Crippen molar-refractivity contribution in [3.63, 3.8) is 0 Å². The molecular weight excluding hydrogens is 530 g/mol. The van der Waals surface area contributed by atoms with Gasteiger partial charge in [0.05, 0.1) is 5.69 Å². The number of aromatic nitrogens is 2. The second kappa shape index (κ2) is 13.5. The Labute approximate surface area is 223 Å². The van der Waals surface area contributed by atoms with E-state index in [4.69, 9.17) is 33.1 Å². The summed E-state index contributed by atoms with van der Waals surface area (Å²) in [5.41, 5.74) is 4.34. The van der Waals surface area contributed by atoms with E-state index in [1.807, 2.05) is 73.1 Å². The third-order valence-electron chi connectivity index (χ3n) is 5.54. The number of carbonyl (C=O) groups excluding carboxylic acids is 2. The van der Waals surface area contributed by atoms with E-state index in [0.29, 0.717) is 23.0 Å². The van der Waals surface area contributed by atoms with E-state index < -0.39 is 12.1 Å². The van der Waals surface area contributed by atoms with Crippen LogP contribution in [0.2, 0.25) is 10.0 Å². The molecule has 1 aromatic heterocycles. The summed E-state index contributed by atoms with van der Waals surface area (Å²) in [6, 6.07) is 17.7. The van der Waals surface area contributed by atoms with Gasteiger partial charge in [-0.1, -0.05) is 47.5 Å². The number of carbonyl (C=O) groups is 2. The molecular formula is C26H27Cl2F3N3O3-. The molecule has 0 aliphatic rings. The second-order valence-corrected chi connectivity index (χ2v) is 9.40. The molecule has 2 atom stereocenters. The molecule has 0 radical (unpaired) electrons. The lowest BCUT2D eigenvalue weighted by molar-refractivity contribution is -0.344. The van der Waals surface area contributed by atoms with Crippen molar-refractivity contribution in [2.75, 3.05) is 0 Å². The zero-order valence-corrected chi connectivity index (χ0v) is 22.0. The largest absolute Gasteiger partial charge is 0.542 e. The highest BCUT2D eigenvalue weighted by Gasteiger charge is 2.28. The SMILES string of the molecule is Cc1cc(C)n(CCC(=O)N[C@H](C)[C@H](Cc2ccc(Cl)cc2)c2ccc(Cl)cc2)n1.O=C([O-])C(F)(F)F. The summed E-state index contributed by atoms with van der Waals surface area (Å²) in [6.45, 7) is 6.58. The number of benzene rings is 2. The number of nitrogens with zero attached hydrogens (tertiary/aromatic N) is 2. The van der Waals surface area contributed by atoms with Crippen LogP contribution in [0.1, 0.15) is 41.8 Å². The lowest BCUT2D eigenvalue weighted by Gasteiger charge is -2.26. The molecule has 0 aliphatic heterocycles. The molecule has 0 fully saturated rings. The Bertz CT molecular complexity index is 1180. The van der Waals surface area contributed by atoms with E-state index >= 15 is 0 Å². The minimum atomic E-state index is -5.19. The summed E-state index contributed by atoms with van der Waals surface area (Å²) in [5, 5.41) is 17.8. The topological polar surface area (TPSA) is 87.0 Å². The monoisotopic (exact) mass is 556 g/mol. The van der Waals surface area contributed by atoms with Gasteiger partial charge in [-0.3, -0.25) is 9.48 Å². The molecule has 6 nitrogen and oxygen atoms in total. The first-order chi connectivity index (χ1) is 17.3. The smallest absolute Gasteiger partial charge is 0.430 e. The Hall–Kier alpha value is -3.04. The predicted octanol–water partition coefficient (Wildman–Crippen LogP) is 5.03. The molecule has 1 N–H and O–H groups in total. The van der Waals surface area contributed by atoms with Crippen molar-refractivity contribution >= 4 is 35.1 Å². The summed E-state index contributed by atoms with van der Waals surface area (Å²) in [6.07, 6.45) is -4.02. The lowest BCUT2D eigenvalue weighted by atomic mass is 9.86. The fraction of sp³-hybridized carbons (Fsp3) is 0.346. The van der Waals surface area contributed by atoms with Gasteiger partial charge in [0.15, 0.2) is 0 Å². The van der Waals surface area contributed by atoms with Crippen LogP contribution >= 0.6 is 23.2 Å². The fourth-order valence-corrected chi connectivity index (χ4v) is 3.96. The molecule has 3 aromatic rings. The van der Waals surface area contributed by atoms with E-state index in [2.05, 4.69) is 17.3 Å². The maximum atomic E-state index is 12.6. The number of hydrogen-bond acceptors (Lipinski definition) is 4. The van der Waals surface area contributed by atoms with Gasteiger partial charge < -0.3 is 15.2 Å². The van der Waals surface area contributed by atoms with E-state index in [0.717, 1.165) is 23.4 Å². The molecule has 1 heterocycles. The Morgan fingerprint density at radius 1 is 1.03 bits per heavy atom. The van der Waals surface area contributed by atoms with E-state index in [1.54, 1.807) is 0 Å². The van der Waals surface area contributed by atoms with Crippen molar-refractivity contribution in [2.24, 2.45) is 0 Å². The molecule has 0 bridgehead atoms. The molecule has 3 rings (SSSR count). The minimum Gasteiger partial charge on any atom is -0.542 e. The maximum Gasteiger partial charge on any atom is 0.430 e. The molecule has 1 amide bonds. The number of aryl methyl sites for hydroxylation is 3. The van der Waals surface area contributed by atoms with Crippen molar-refractivity contribution in [3.8, 4) is 0 Å². The molecule has 0 saturated heterocycles. The predicted molar refractivity (Wildman–Crippen MR) is 134 cm³/mol. The van der Waals surface area contributed by atoms with Gasteiger partial charge in [-0.05, 0) is 68.7 Å². The second-order valence-electron chi connectivity index (χ2n) is 8.53. The van der Waals surface area contributed by atoms with Crippen molar-refractivity contribution < 1.29 is 27.9 Å². The first-order valence-corrected chi connectivity index (χ1v) is 12.1. The minimum absolute atomic E-state index is 0.0186. The number of aliphatic carboxylic acids is 1. The number of hydrogen-bond donors (Lipinski definition) is 1. The number of carboxylic acid groups (broad SMARTS) is 1. The number of amides is 1.